The lowest BCUT2D eigenvalue weighted by atomic mass is 9.97. The lowest BCUT2D eigenvalue weighted by Gasteiger charge is -2.33. The summed E-state index contributed by atoms with van der Waals surface area (Å²) in [4.78, 5) is 2.61. The maximum atomic E-state index is 4.57. The Morgan fingerprint density at radius 1 is 1.45 bits per heavy atom. The van der Waals surface area contributed by atoms with Crippen LogP contribution in [-0.2, 0) is 7.05 Å². The molecule has 2 heterocycles. The first-order chi connectivity index (χ1) is 9.54. The average Bonchev–Trinajstić information content (AvgIpc) is 2.70. The molecule has 20 heavy (non-hydrogen) atoms. The quantitative estimate of drug-likeness (QED) is 0.898. The highest BCUT2D eigenvalue weighted by atomic mass is 15.3. The Morgan fingerprint density at radius 3 is 2.70 bits per heavy atom. The summed E-state index contributed by atoms with van der Waals surface area (Å²) in [5.41, 5.74) is 3.89. The van der Waals surface area contributed by atoms with E-state index in [-0.39, 0.29) is 0 Å². The molecular weight excluding hydrogens is 248 g/mol. The molecule has 1 fully saturated rings. The van der Waals surface area contributed by atoms with Crippen molar-refractivity contribution in [1.82, 2.24) is 20.0 Å². The summed E-state index contributed by atoms with van der Waals surface area (Å²) in [6, 6.07) is 0.454. The van der Waals surface area contributed by atoms with Crippen molar-refractivity contribution in [2.24, 2.45) is 13.0 Å². The van der Waals surface area contributed by atoms with E-state index in [0.717, 1.165) is 12.5 Å². The van der Waals surface area contributed by atoms with Crippen LogP contribution in [0.4, 0.5) is 0 Å². The zero-order valence-electron chi connectivity index (χ0n) is 13.7. The summed E-state index contributed by atoms with van der Waals surface area (Å²) in [5.74, 6) is 0.795. The lowest BCUT2D eigenvalue weighted by Crippen LogP contribution is -2.39. The van der Waals surface area contributed by atoms with Crippen molar-refractivity contribution >= 4 is 0 Å². The molecule has 1 N–H and O–H groups in total. The monoisotopic (exact) mass is 278 g/mol. The minimum absolute atomic E-state index is 0.454. The summed E-state index contributed by atoms with van der Waals surface area (Å²) in [6.45, 7) is 13.6. The predicted molar refractivity (Wildman–Crippen MR) is 83.9 cm³/mol. The normalized spacial score (nSPS) is 21.4. The molecule has 0 aliphatic carbocycles. The Morgan fingerprint density at radius 2 is 2.20 bits per heavy atom. The van der Waals surface area contributed by atoms with Crippen molar-refractivity contribution < 1.29 is 0 Å². The van der Waals surface area contributed by atoms with Crippen molar-refractivity contribution in [3.05, 3.63) is 17.0 Å². The molecule has 2 rings (SSSR count). The van der Waals surface area contributed by atoms with E-state index < -0.39 is 0 Å². The molecule has 0 amide bonds. The molecule has 1 aromatic rings. The molecule has 1 saturated heterocycles. The fourth-order valence-electron chi connectivity index (χ4n) is 3.55. The van der Waals surface area contributed by atoms with E-state index in [0.29, 0.717) is 6.04 Å². The fourth-order valence-corrected chi connectivity index (χ4v) is 3.55. The van der Waals surface area contributed by atoms with Gasteiger partial charge in [0.1, 0.15) is 0 Å². The van der Waals surface area contributed by atoms with Crippen molar-refractivity contribution in [1.29, 1.82) is 0 Å². The first-order valence-corrected chi connectivity index (χ1v) is 7.99. The van der Waals surface area contributed by atoms with E-state index in [1.54, 1.807) is 0 Å². The lowest BCUT2D eigenvalue weighted by molar-refractivity contribution is 0.170. The number of piperidine rings is 1. The summed E-state index contributed by atoms with van der Waals surface area (Å²) < 4.78 is 2.01. The van der Waals surface area contributed by atoms with Crippen LogP contribution in [-0.4, -0.2) is 40.9 Å². The smallest absolute Gasteiger partial charge is 0.0644 e. The molecule has 0 aromatic carbocycles. The predicted octanol–water partition coefficient (Wildman–Crippen LogP) is 2.42. The van der Waals surface area contributed by atoms with Crippen molar-refractivity contribution in [2.45, 2.75) is 46.6 Å². The minimum Gasteiger partial charge on any atom is -0.316 e. The highest BCUT2D eigenvalue weighted by Gasteiger charge is 2.24. The van der Waals surface area contributed by atoms with Gasteiger partial charge in [0.15, 0.2) is 0 Å². The van der Waals surface area contributed by atoms with Crippen LogP contribution in [0.25, 0.3) is 0 Å². The van der Waals surface area contributed by atoms with Gasteiger partial charge in [-0.1, -0.05) is 6.92 Å². The van der Waals surface area contributed by atoms with Crippen LogP contribution in [0.15, 0.2) is 0 Å². The molecule has 0 spiro atoms. The standard InChI is InChI=1S/C16H30N4/c1-6-20(11-15-8-7-9-17-10-15)14(4)16-12(2)18-19(5)13(16)3/h14-15,17H,6-11H2,1-5H3. The van der Waals surface area contributed by atoms with Gasteiger partial charge in [-0.15, -0.1) is 0 Å². The van der Waals surface area contributed by atoms with E-state index in [2.05, 4.69) is 43.0 Å². The third-order valence-corrected chi connectivity index (χ3v) is 4.83. The SMILES string of the molecule is CCN(CC1CCCNC1)C(C)c1c(C)nn(C)c1C. The zero-order valence-corrected chi connectivity index (χ0v) is 13.7. The Hall–Kier alpha value is -0.870. The minimum atomic E-state index is 0.454. The highest BCUT2D eigenvalue weighted by molar-refractivity contribution is 5.27. The van der Waals surface area contributed by atoms with E-state index >= 15 is 0 Å². The van der Waals surface area contributed by atoms with Gasteiger partial charge >= 0.3 is 0 Å². The summed E-state index contributed by atoms with van der Waals surface area (Å²) >= 11 is 0. The van der Waals surface area contributed by atoms with E-state index in [1.807, 2.05) is 11.7 Å². The number of hydrogen-bond donors (Lipinski definition) is 1. The summed E-state index contributed by atoms with van der Waals surface area (Å²) in [6.07, 6.45) is 2.68. The zero-order chi connectivity index (χ0) is 14.7. The average molecular weight is 278 g/mol. The second-order valence-corrected chi connectivity index (χ2v) is 6.18. The molecule has 4 heteroatoms. The molecule has 1 aliphatic rings. The molecule has 2 unspecified atom stereocenters. The molecule has 114 valence electrons. The van der Waals surface area contributed by atoms with E-state index in [1.165, 1.54) is 49.4 Å². The van der Waals surface area contributed by atoms with Gasteiger partial charge in [-0.25, -0.2) is 0 Å². The molecular formula is C16H30N4. The van der Waals surface area contributed by atoms with Crippen molar-refractivity contribution in [2.75, 3.05) is 26.2 Å². The Kier molecular flexibility index (Phi) is 5.22. The number of nitrogens with one attached hydrogen (secondary N) is 1. The van der Waals surface area contributed by atoms with E-state index in [4.69, 9.17) is 0 Å². The largest absolute Gasteiger partial charge is 0.316 e. The van der Waals surface area contributed by atoms with E-state index in [9.17, 15) is 0 Å². The van der Waals surface area contributed by atoms with Crippen LogP contribution >= 0.6 is 0 Å². The number of aryl methyl sites for hydroxylation is 2. The molecule has 2 atom stereocenters. The third kappa shape index (κ3) is 3.23. The van der Waals surface area contributed by atoms with Gasteiger partial charge in [0.2, 0.25) is 0 Å². The number of hydrogen-bond acceptors (Lipinski definition) is 3. The van der Waals surface area contributed by atoms with Crippen LogP contribution in [0.5, 0.6) is 0 Å². The molecule has 1 aliphatic heterocycles. The van der Waals surface area contributed by atoms with Crippen molar-refractivity contribution in [3.8, 4) is 0 Å². The van der Waals surface area contributed by atoms with Gasteiger partial charge in [0, 0.05) is 30.9 Å². The number of nitrogens with zero attached hydrogens (tertiary/aromatic N) is 3. The van der Waals surface area contributed by atoms with Crippen LogP contribution in [0.1, 0.15) is 49.7 Å². The molecule has 0 bridgehead atoms. The van der Waals surface area contributed by atoms with Crippen LogP contribution in [0, 0.1) is 19.8 Å². The topological polar surface area (TPSA) is 33.1 Å². The fraction of sp³-hybridized carbons (Fsp3) is 0.812. The highest BCUT2D eigenvalue weighted by Crippen LogP contribution is 2.27. The maximum Gasteiger partial charge on any atom is 0.0644 e. The molecule has 4 nitrogen and oxygen atoms in total. The van der Waals surface area contributed by atoms with Gasteiger partial charge in [-0.3, -0.25) is 9.58 Å². The van der Waals surface area contributed by atoms with Crippen LogP contribution in [0.2, 0.25) is 0 Å². The second-order valence-electron chi connectivity index (χ2n) is 6.18. The summed E-state index contributed by atoms with van der Waals surface area (Å²) in [5, 5.41) is 8.10. The van der Waals surface area contributed by atoms with Gasteiger partial charge in [0.25, 0.3) is 0 Å². The Bertz CT molecular complexity index is 432. The molecule has 1 aromatic heterocycles. The first-order valence-electron chi connectivity index (χ1n) is 7.99. The Balaban J connectivity index is 2.09. The van der Waals surface area contributed by atoms with Gasteiger partial charge in [-0.05, 0) is 59.2 Å². The Labute approximate surface area is 123 Å². The number of aromatic nitrogens is 2. The van der Waals surface area contributed by atoms with Gasteiger partial charge < -0.3 is 5.32 Å². The molecule has 0 radical (unpaired) electrons. The maximum absolute atomic E-state index is 4.57. The first kappa shape index (κ1) is 15.5. The van der Waals surface area contributed by atoms with Gasteiger partial charge in [-0.2, -0.15) is 5.10 Å². The van der Waals surface area contributed by atoms with Crippen molar-refractivity contribution in [3.63, 3.8) is 0 Å². The number of rotatable bonds is 5. The van der Waals surface area contributed by atoms with Crippen LogP contribution < -0.4 is 5.32 Å². The third-order valence-electron chi connectivity index (χ3n) is 4.83. The molecule has 0 saturated carbocycles. The van der Waals surface area contributed by atoms with Gasteiger partial charge in [0.05, 0.1) is 5.69 Å². The summed E-state index contributed by atoms with van der Waals surface area (Å²) in [7, 11) is 2.04. The van der Waals surface area contributed by atoms with Crippen LogP contribution in [0.3, 0.4) is 0 Å². The second kappa shape index (κ2) is 6.72.